The third-order valence-corrected chi connectivity index (χ3v) is 5.33. The number of ether oxygens (including phenoxy) is 1. The van der Waals surface area contributed by atoms with E-state index in [-0.39, 0.29) is 23.5 Å². The summed E-state index contributed by atoms with van der Waals surface area (Å²) in [6.07, 6.45) is 4.26. The molecule has 1 heterocycles. The van der Waals surface area contributed by atoms with Crippen LogP contribution >= 0.6 is 0 Å². The second-order valence-corrected chi connectivity index (χ2v) is 7.18. The van der Waals surface area contributed by atoms with Crippen LogP contribution in [0.2, 0.25) is 0 Å². The van der Waals surface area contributed by atoms with Gasteiger partial charge in [-0.3, -0.25) is 4.79 Å². The third kappa shape index (κ3) is 3.31. The van der Waals surface area contributed by atoms with Gasteiger partial charge < -0.3 is 9.64 Å². The Labute approximate surface area is 148 Å². The molecule has 3 rings (SSSR count). The fourth-order valence-corrected chi connectivity index (χ4v) is 3.69. The third-order valence-electron chi connectivity index (χ3n) is 5.33. The summed E-state index contributed by atoms with van der Waals surface area (Å²) in [5, 5.41) is 4.14. The van der Waals surface area contributed by atoms with Gasteiger partial charge in [-0.05, 0) is 25.0 Å². The van der Waals surface area contributed by atoms with E-state index in [1.54, 1.807) is 11.0 Å². The summed E-state index contributed by atoms with van der Waals surface area (Å²) in [7, 11) is 1.89. The number of benzene rings is 1. The van der Waals surface area contributed by atoms with Crippen molar-refractivity contribution in [2.45, 2.75) is 45.9 Å². The van der Waals surface area contributed by atoms with Gasteiger partial charge in [0, 0.05) is 30.7 Å². The van der Waals surface area contributed by atoms with E-state index < -0.39 is 0 Å². The summed E-state index contributed by atoms with van der Waals surface area (Å²) >= 11 is 0. The van der Waals surface area contributed by atoms with Gasteiger partial charge in [-0.25, -0.2) is 9.67 Å². The van der Waals surface area contributed by atoms with Crippen LogP contribution in [0.5, 0.6) is 0 Å². The highest BCUT2D eigenvalue weighted by Crippen LogP contribution is 2.45. The Bertz CT molecular complexity index is 727. The molecule has 1 fully saturated rings. The van der Waals surface area contributed by atoms with Crippen molar-refractivity contribution in [3.05, 3.63) is 48.0 Å². The molecule has 1 saturated carbocycles. The average molecular weight is 342 g/mol. The summed E-state index contributed by atoms with van der Waals surface area (Å²) in [6, 6.07) is 7.88. The van der Waals surface area contributed by atoms with E-state index in [1.807, 2.05) is 43.1 Å². The predicted molar refractivity (Wildman–Crippen MR) is 95.3 cm³/mol. The van der Waals surface area contributed by atoms with Crippen molar-refractivity contribution in [2.75, 3.05) is 13.7 Å². The molecule has 1 amide bonds. The first-order chi connectivity index (χ1) is 11.9. The quantitative estimate of drug-likeness (QED) is 0.810. The standard InChI is InChI=1S/C19H26N4O2/c1-5-25-17-10-16(19(17,2)3)22(4)18(24)15-9-7-6-8-14(15)11-23-13-20-12-21-23/h6-9,12-13,16-17H,5,10-11H2,1-4H3. The molecule has 0 N–H and O–H groups in total. The van der Waals surface area contributed by atoms with Gasteiger partial charge in [-0.15, -0.1) is 0 Å². The zero-order chi connectivity index (χ0) is 18.0. The highest BCUT2D eigenvalue weighted by Gasteiger charge is 2.51. The lowest BCUT2D eigenvalue weighted by Crippen LogP contribution is -2.62. The Balaban J connectivity index is 1.77. The molecule has 1 aromatic carbocycles. The molecule has 6 heteroatoms. The Kier molecular flexibility index (Phi) is 4.90. The number of nitrogens with zero attached hydrogens (tertiary/aromatic N) is 4. The number of carbonyl (C=O) groups is 1. The minimum absolute atomic E-state index is 0.0404. The molecule has 0 aliphatic heterocycles. The number of hydrogen-bond donors (Lipinski definition) is 0. The summed E-state index contributed by atoms with van der Waals surface area (Å²) < 4.78 is 7.52. The van der Waals surface area contributed by atoms with E-state index in [2.05, 4.69) is 23.9 Å². The van der Waals surface area contributed by atoms with Crippen molar-refractivity contribution in [3.8, 4) is 0 Å². The number of amides is 1. The van der Waals surface area contributed by atoms with Gasteiger partial charge in [-0.1, -0.05) is 32.0 Å². The van der Waals surface area contributed by atoms with E-state index in [1.165, 1.54) is 6.33 Å². The number of carbonyl (C=O) groups excluding carboxylic acids is 1. The summed E-state index contributed by atoms with van der Waals surface area (Å²) in [6.45, 7) is 7.60. The molecule has 0 saturated heterocycles. The topological polar surface area (TPSA) is 60.2 Å². The molecule has 6 nitrogen and oxygen atoms in total. The summed E-state index contributed by atoms with van der Waals surface area (Å²) in [5.74, 6) is 0.0451. The van der Waals surface area contributed by atoms with Crippen LogP contribution in [0.15, 0.2) is 36.9 Å². The van der Waals surface area contributed by atoms with Crippen LogP contribution < -0.4 is 0 Å². The zero-order valence-corrected chi connectivity index (χ0v) is 15.3. The molecule has 0 bridgehead atoms. The van der Waals surface area contributed by atoms with Gasteiger partial charge >= 0.3 is 0 Å². The largest absolute Gasteiger partial charge is 0.378 e. The normalized spacial score (nSPS) is 21.6. The lowest BCUT2D eigenvalue weighted by atomic mass is 9.63. The molecule has 2 aromatic rings. The highest BCUT2D eigenvalue weighted by atomic mass is 16.5. The molecule has 134 valence electrons. The molecule has 1 aliphatic carbocycles. The van der Waals surface area contributed by atoms with Crippen molar-refractivity contribution in [3.63, 3.8) is 0 Å². The predicted octanol–water partition coefficient (Wildman–Crippen LogP) is 2.60. The zero-order valence-electron chi connectivity index (χ0n) is 15.3. The number of aromatic nitrogens is 3. The van der Waals surface area contributed by atoms with Crippen molar-refractivity contribution in [1.82, 2.24) is 19.7 Å². The van der Waals surface area contributed by atoms with Crippen LogP contribution in [-0.4, -0.2) is 51.4 Å². The molecule has 2 atom stereocenters. The van der Waals surface area contributed by atoms with E-state index >= 15 is 0 Å². The SMILES string of the molecule is CCOC1CC(N(C)C(=O)c2ccccc2Cn2cncn2)C1(C)C. The minimum atomic E-state index is -0.0404. The first-order valence-electron chi connectivity index (χ1n) is 8.74. The molecular weight excluding hydrogens is 316 g/mol. The monoisotopic (exact) mass is 342 g/mol. The van der Waals surface area contributed by atoms with Crippen molar-refractivity contribution >= 4 is 5.91 Å². The lowest BCUT2D eigenvalue weighted by Gasteiger charge is -2.54. The summed E-state index contributed by atoms with van der Waals surface area (Å²) in [5.41, 5.74) is 1.63. The van der Waals surface area contributed by atoms with Crippen LogP contribution in [0.1, 0.15) is 43.1 Å². The number of hydrogen-bond acceptors (Lipinski definition) is 4. The minimum Gasteiger partial charge on any atom is -0.378 e. The molecule has 2 unspecified atom stereocenters. The second kappa shape index (κ2) is 6.96. The van der Waals surface area contributed by atoms with E-state index in [0.29, 0.717) is 13.2 Å². The van der Waals surface area contributed by atoms with Gasteiger partial charge in [0.25, 0.3) is 5.91 Å². The Morgan fingerprint density at radius 3 is 2.80 bits per heavy atom. The van der Waals surface area contributed by atoms with Crippen molar-refractivity contribution < 1.29 is 9.53 Å². The summed E-state index contributed by atoms with van der Waals surface area (Å²) in [4.78, 5) is 19.0. The first-order valence-corrected chi connectivity index (χ1v) is 8.74. The lowest BCUT2D eigenvalue weighted by molar-refractivity contribution is -0.136. The van der Waals surface area contributed by atoms with Gasteiger partial charge in [0.15, 0.2) is 0 Å². The highest BCUT2D eigenvalue weighted by molar-refractivity contribution is 5.95. The van der Waals surface area contributed by atoms with Crippen LogP contribution in [0.4, 0.5) is 0 Å². The molecule has 25 heavy (non-hydrogen) atoms. The Hall–Kier alpha value is -2.21. The van der Waals surface area contributed by atoms with Gasteiger partial charge in [-0.2, -0.15) is 5.10 Å². The smallest absolute Gasteiger partial charge is 0.254 e. The Morgan fingerprint density at radius 2 is 2.16 bits per heavy atom. The van der Waals surface area contributed by atoms with E-state index in [4.69, 9.17) is 4.74 Å². The van der Waals surface area contributed by atoms with Gasteiger partial charge in [0.2, 0.25) is 0 Å². The number of rotatable bonds is 6. The molecule has 0 radical (unpaired) electrons. The van der Waals surface area contributed by atoms with Crippen LogP contribution in [0.3, 0.4) is 0 Å². The Morgan fingerprint density at radius 1 is 1.40 bits per heavy atom. The maximum atomic E-state index is 13.1. The first kappa shape index (κ1) is 17.6. The van der Waals surface area contributed by atoms with E-state index in [9.17, 15) is 4.79 Å². The molecular formula is C19H26N4O2. The van der Waals surface area contributed by atoms with Gasteiger partial charge in [0.05, 0.1) is 12.6 Å². The van der Waals surface area contributed by atoms with Crippen molar-refractivity contribution in [2.24, 2.45) is 5.41 Å². The molecule has 1 aromatic heterocycles. The maximum Gasteiger partial charge on any atom is 0.254 e. The van der Waals surface area contributed by atoms with E-state index in [0.717, 1.165) is 17.5 Å². The van der Waals surface area contributed by atoms with Crippen LogP contribution in [0.25, 0.3) is 0 Å². The fraction of sp³-hybridized carbons (Fsp3) is 0.526. The average Bonchev–Trinajstić information content (AvgIpc) is 3.10. The molecule has 0 spiro atoms. The second-order valence-electron chi connectivity index (χ2n) is 7.18. The fourth-order valence-electron chi connectivity index (χ4n) is 3.69. The molecule has 1 aliphatic rings. The van der Waals surface area contributed by atoms with Crippen molar-refractivity contribution in [1.29, 1.82) is 0 Å². The van der Waals surface area contributed by atoms with Crippen LogP contribution in [-0.2, 0) is 11.3 Å². The van der Waals surface area contributed by atoms with Crippen LogP contribution in [0, 0.1) is 5.41 Å². The van der Waals surface area contributed by atoms with Gasteiger partial charge in [0.1, 0.15) is 12.7 Å². The maximum absolute atomic E-state index is 13.1.